The van der Waals surface area contributed by atoms with Crippen molar-refractivity contribution in [3.05, 3.63) is 47.3 Å². The minimum Gasteiger partial charge on any atom is -0.206 e. The zero-order valence-corrected chi connectivity index (χ0v) is 17.8. The van der Waals surface area contributed by atoms with Crippen LogP contribution in [0.1, 0.15) is 88.2 Å². The molecule has 164 valence electrons. The number of allylic oxidation sites excluding steroid dienone is 2. The van der Waals surface area contributed by atoms with Gasteiger partial charge in [0.15, 0.2) is 0 Å². The van der Waals surface area contributed by atoms with Gasteiger partial charge in [-0.05, 0) is 92.9 Å². The van der Waals surface area contributed by atoms with Crippen molar-refractivity contribution in [1.82, 2.24) is 0 Å². The molecular formula is C26H32F4. The van der Waals surface area contributed by atoms with Crippen molar-refractivity contribution in [2.45, 2.75) is 83.2 Å². The summed E-state index contributed by atoms with van der Waals surface area (Å²) in [5, 5.41) is 0. The Kier molecular flexibility index (Phi) is 8.03. The first-order chi connectivity index (χ1) is 14.4. The van der Waals surface area contributed by atoms with E-state index in [4.69, 9.17) is 0 Å². The van der Waals surface area contributed by atoms with Crippen LogP contribution in [0.15, 0.2) is 30.4 Å². The number of benzene rings is 1. The van der Waals surface area contributed by atoms with Crippen molar-refractivity contribution in [2.75, 3.05) is 0 Å². The fourth-order valence-corrected chi connectivity index (χ4v) is 5.01. The molecule has 2 aliphatic carbocycles. The number of rotatable bonds is 4. The van der Waals surface area contributed by atoms with Crippen LogP contribution in [-0.2, 0) is 6.18 Å². The normalized spacial score (nSPS) is 27.6. The number of halogens is 4. The topological polar surface area (TPSA) is 0 Å². The van der Waals surface area contributed by atoms with Crippen molar-refractivity contribution in [3.8, 4) is 11.8 Å². The summed E-state index contributed by atoms with van der Waals surface area (Å²) in [5.74, 6) is 7.41. The van der Waals surface area contributed by atoms with Gasteiger partial charge in [-0.2, -0.15) is 13.2 Å². The third-order valence-electron chi connectivity index (χ3n) is 6.82. The summed E-state index contributed by atoms with van der Waals surface area (Å²) in [5.41, 5.74) is -0.512. The molecule has 1 aromatic carbocycles. The molecule has 0 aliphatic heterocycles. The Hall–Kier alpha value is -1.76. The number of hydrogen-bond donors (Lipinski definition) is 0. The molecule has 1 aromatic rings. The maximum absolute atomic E-state index is 13.8. The molecule has 0 bridgehead atoms. The van der Waals surface area contributed by atoms with Crippen molar-refractivity contribution in [1.29, 1.82) is 0 Å². The van der Waals surface area contributed by atoms with Gasteiger partial charge < -0.3 is 0 Å². The van der Waals surface area contributed by atoms with E-state index in [-0.39, 0.29) is 5.92 Å². The van der Waals surface area contributed by atoms with E-state index in [2.05, 4.69) is 24.8 Å². The first kappa shape index (κ1) is 22.9. The van der Waals surface area contributed by atoms with Crippen LogP contribution in [0, 0.1) is 35.4 Å². The Labute approximate surface area is 178 Å². The van der Waals surface area contributed by atoms with Gasteiger partial charge >= 0.3 is 6.18 Å². The van der Waals surface area contributed by atoms with E-state index in [1.807, 2.05) is 6.08 Å². The van der Waals surface area contributed by atoms with Crippen molar-refractivity contribution < 1.29 is 17.6 Å². The van der Waals surface area contributed by atoms with Gasteiger partial charge in [0.25, 0.3) is 0 Å². The average Bonchev–Trinajstić information content (AvgIpc) is 2.72. The minimum atomic E-state index is -4.64. The average molecular weight is 421 g/mol. The Bertz CT molecular complexity index is 764. The molecule has 0 saturated heterocycles. The molecule has 4 heteroatoms. The van der Waals surface area contributed by atoms with E-state index < -0.39 is 17.6 Å². The maximum Gasteiger partial charge on any atom is 0.419 e. The fraction of sp³-hybridized carbons (Fsp3) is 0.615. The van der Waals surface area contributed by atoms with Crippen LogP contribution in [0.3, 0.4) is 0 Å². The highest BCUT2D eigenvalue weighted by Crippen LogP contribution is 2.38. The van der Waals surface area contributed by atoms with Gasteiger partial charge in [0.2, 0.25) is 0 Å². The van der Waals surface area contributed by atoms with E-state index >= 15 is 0 Å². The Morgan fingerprint density at radius 1 is 1.00 bits per heavy atom. The van der Waals surface area contributed by atoms with Crippen LogP contribution in [0.4, 0.5) is 17.6 Å². The van der Waals surface area contributed by atoms with Crippen molar-refractivity contribution in [3.63, 3.8) is 0 Å². The van der Waals surface area contributed by atoms with Gasteiger partial charge in [0.05, 0.1) is 5.56 Å². The summed E-state index contributed by atoms with van der Waals surface area (Å²) in [6.45, 7) is 2.26. The maximum atomic E-state index is 13.8. The van der Waals surface area contributed by atoms with E-state index in [1.165, 1.54) is 44.6 Å². The molecule has 2 saturated carbocycles. The van der Waals surface area contributed by atoms with Gasteiger partial charge in [-0.15, -0.1) is 0 Å². The largest absolute Gasteiger partial charge is 0.419 e. The first-order valence-corrected chi connectivity index (χ1v) is 11.4. The SMILES string of the molecule is CCC[C@H]1CC[C@H](C=CC#C[C@H]2CC[C@H](c3ccc(C(F)(F)F)c(F)c3)CC2)CC1. The second-order valence-corrected chi connectivity index (χ2v) is 9.00. The summed E-state index contributed by atoms with van der Waals surface area (Å²) < 4.78 is 52.0. The third kappa shape index (κ3) is 6.37. The second kappa shape index (κ2) is 10.5. The summed E-state index contributed by atoms with van der Waals surface area (Å²) in [6, 6.07) is 3.37. The van der Waals surface area contributed by atoms with E-state index in [0.29, 0.717) is 17.4 Å². The zero-order valence-electron chi connectivity index (χ0n) is 17.8. The summed E-state index contributed by atoms with van der Waals surface area (Å²) >= 11 is 0. The van der Waals surface area contributed by atoms with Crippen LogP contribution in [0.5, 0.6) is 0 Å². The molecular weight excluding hydrogens is 388 g/mol. The summed E-state index contributed by atoms with van der Waals surface area (Å²) in [6.07, 6.45) is 11.0. The van der Waals surface area contributed by atoms with E-state index in [9.17, 15) is 17.6 Å². The van der Waals surface area contributed by atoms with Crippen LogP contribution < -0.4 is 0 Å². The molecule has 0 nitrogen and oxygen atoms in total. The molecule has 0 radical (unpaired) electrons. The second-order valence-electron chi connectivity index (χ2n) is 9.00. The zero-order chi connectivity index (χ0) is 21.6. The lowest BCUT2D eigenvalue weighted by Crippen LogP contribution is -2.14. The molecule has 0 heterocycles. The molecule has 0 N–H and O–H groups in total. The smallest absolute Gasteiger partial charge is 0.206 e. The minimum absolute atomic E-state index is 0.119. The van der Waals surface area contributed by atoms with Gasteiger partial charge in [0.1, 0.15) is 5.82 Å². The van der Waals surface area contributed by atoms with Gasteiger partial charge in [0, 0.05) is 5.92 Å². The number of alkyl halides is 3. The molecule has 2 fully saturated rings. The van der Waals surface area contributed by atoms with E-state index in [1.54, 1.807) is 0 Å². The van der Waals surface area contributed by atoms with E-state index in [0.717, 1.165) is 43.7 Å². The molecule has 0 spiro atoms. The van der Waals surface area contributed by atoms with Gasteiger partial charge in [-0.25, -0.2) is 4.39 Å². The molecule has 2 aliphatic rings. The van der Waals surface area contributed by atoms with Crippen molar-refractivity contribution >= 4 is 0 Å². The lowest BCUT2D eigenvalue weighted by molar-refractivity contribution is -0.140. The predicted octanol–water partition coefficient (Wildman–Crippen LogP) is 8.28. The highest BCUT2D eigenvalue weighted by Gasteiger charge is 2.34. The predicted molar refractivity (Wildman–Crippen MR) is 113 cm³/mol. The third-order valence-corrected chi connectivity index (χ3v) is 6.82. The van der Waals surface area contributed by atoms with Crippen LogP contribution in [-0.4, -0.2) is 0 Å². The Morgan fingerprint density at radius 3 is 2.30 bits per heavy atom. The van der Waals surface area contributed by atoms with Crippen LogP contribution in [0.2, 0.25) is 0 Å². The quantitative estimate of drug-likeness (QED) is 0.339. The van der Waals surface area contributed by atoms with Gasteiger partial charge in [-0.1, -0.05) is 43.7 Å². The highest BCUT2D eigenvalue weighted by atomic mass is 19.4. The molecule has 0 atom stereocenters. The molecule has 0 aromatic heterocycles. The summed E-state index contributed by atoms with van der Waals surface area (Å²) in [7, 11) is 0. The fourth-order valence-electron chi connectivity index (χ4n) is 5.01. The molecule has 0 amide bonds. The summed E-state index contributed by atoms with van der Waals surface area (Å²) in [4.78, 5) is 0. The lowest BCUT2D eigenvalue weighted by atomic mass is 9.78. The standard InChI is InChI=1S/C26H32F4/c1-2-5-19-8-10-20(11-9-19)6-3-4-7-21-12-14-22(15-13-21)23-16-17-24(25(27)18-23)26(28,29)30/h3,6,16-22H,2,5,8-15H2,1H3/t19-,20-,21-,22-. The molecule has 30 heavy (non-hydrogen) atoms. The van der Waals surface area contributed by atoms with Crippen molar-refractivity contribution in [2.24, 2.45) is 17.8 Å². The van der Waals surface area contributed by atoms with Gasteiger partial charge in [-0.3, -0.25) is 0 Å². The van der Waals surface area contributed by atoms with Crippen LogP contribution in [0.25, 0.3) is 0 Å². The Morgan fingerprint density at radius 2 is 1.70 bits per heavy atom. The van der Waals surface area contributed by atoms with Crippen LogP contribution >= 0.6 is 0 Å². The monoisotopic (exact) mass is 420 g/mol. The first-order valence-electron chi connectivity index (χ1n) is 11.4. The lowest BCUT2D eigenvalue weighted by Gasteiger charge is -2.26. The Balaban J connectivity index is 1.45. The molecule has 3 rings (SSSR count). The molecule has 0 unspecified atom stereocenters. The number of hydrogen-bond acceptors (Lipinski definition) is 0. The highest BCUT2D eigenvalue weighted by molar-refractivity contribution is 5.29.